The molecule has 0 spiro atoms. The molecule has 1 aromatic carbocycles. The smallest absolute Gasteiger partial charge is 0.354 e. The van der Waals surface area contributed by atoms with E-state index in [1.54, 1.807) is 12.1 Å². The van der Waals surface area contributed by atoms with Gasteiger partial charge in [0.15, 0.2) is 0 Å². The van der Waals surface area contributed by atoms with Gasteiger partial charge < -0.3 is 19.5 Å². The molecule has 0 unspecified atom stereocenters. The summed E-state index contributed by atoms with van der Waals surface area (Å²) in [6.07, 6.45) is 8.37. The van der Waals surface area contributed by atoms with Gasteiger partial charge in [0.1, 0.15) is 11.4 Å². The summed E-state index contributed by atoms with van der Waals surface area (Å²) in [6.45, 7) is 2.90. The van der Waals surface area contributed by atoms with Gasteiger partial charge in [-0.3, -0.25) is 0 Å². The van der Waals surface area contributed by atoms with Crippen molar-refractivity contribution < 1.29 is 23.8 Å². The van der Waals surface area contributed by atoms with Crippen LogP contribution in [-0.4, -0.2) is 32.8 Å². The number of rotatable bonds is 12. The highest BCUT2D eigenvalue weighted by molar-refractivity contribution is 5.98. The van der Waals surface area contributed by atoms with Crippen molar-refractivity contribution in [2.24, 2.45) is 0 Å². The van der Waals surface area contributed by atoms with Crippen LogP contribution in [0.25, 0.3) is 0 Å². The van der Waals surface area contributed by atoms with Crippen molar-refractivity contribution in [2.45, 2.75) is 45.4 Å². The summed E-state index contributed by atoms with van der Waals surface area (Å²) in [6, 6.07) is 7.16. The molecule has 0 fully saturated rings. The van der Waals surface area contributed by atoms with Crippen LogP contribution in [0.1, 0.15) is 45.4 Å². The number of unbranched alkanes of at least 4 members (excludes halogenated alkanes) is 5. The van der Waals surface area contributed by atoms with Crippen molar-refractivity contribution in [3.8, 4) is 5.75 Å². The maximum absolute atomic E-state index is 11.7. The second-order valence-corrected chi connectivity index (χ2v) is 5.84. The zero-order valence-corrected chi connectivity index (χ0v) is 15.9. The van der Waals surface area contributed by atoms with Crippen LogP contribution in [0.4, 0.5) is 5.69 Å². The topological polar surface area (TPSA) is 73.9 Å². The van der Waals surface area contributed by atoms with Crippen LogP contribution in [0.5, 0.6) is 5.75 Å². The number of ether oxygens (including phenoxy) is 3. The third-order valence-electron chi connectivity index (χ3n) is 3.77. The van der Waals surface area contributed by atoms with Gasteiger partial charge in [0, 0.05) is 5.69 Å². The van der Waals surface area contributed by atoms with Crippen molar-refractivity contribution in [3.05, 3.63) is 36.0 Å². The monoisotopic (exact) mass is 363 g/mol. The van der Waals surface area contributed by atoms with Crippen molar-refractivity contribution in [1.82, 2.24) is 0 Å². The van der Waals surface area contributed by atoms with E-state index in [4.69, 9.17) is 4.74 Å². The molecule has 6 nitrogen and oxygen atoms in total. The van der Waals surface area contributed by atoms with E-state index >= 15 is 0 Å². The number of methoxy groups -OCH3 is 2. The molecule has 0 aliphatic carbocycles. The predicted octanol–water partition coefficient (Wildman–Crippen LogP) is 4.07. The lowest BCUT2D eigenvalue weighted by molar-refractivity contribution is -0.138. The van der Waals surface area contributed by atoms with Crippen molar-refractivity contribution in [3.63, 3.8) is 0 Å². The first-order valence-corrected chi connectivity index (χ1v) is 8.98. The SMILES string of the molecule is CCCCCCCCOc1ccc(N/C(=C/C(=O)OC)C(=O)OC)cc1. The van der Waals surface area contributed by atoms with Gasteiger partial charge in [0.2, 0.25) is 0 Å². The third kappa shape index (κ3) is 8.55. The van der Waals surface area contributed by atoms with E-state index in [-0.39, 0.29) is 5.70 Å². The maximum Gasteiger partial charge on any atom is 0.354 e. The number of hydrogen-bond acceptors (Lipinski definition) is 6. The summed E-state index contributed by atoms with van der Waals surface area (Å²) in [4.78, 5) is 23.1. The quantitative estimate of drug-likeness (QED) is 0.343. The fraction of sp³-hybridized carbons (Fsp3) is 0.500. The fourth-order valence-corrected chi connectivity index (χ4v) is 2.30. The van der Waals surface area contributed by atoms with Crippen LogP contribution in [0.2, 0.25) is 0 Å². The molecular weight excluding hydrogens is 334 g/mol. The van der Waals surface area contributed by atoms with E-state index < -0.39 is 11.9 Å². The van der Waals surface area contributed by atoms with E-state index in [0.29, 0.717) is 12.3 Å². The summed E-state index contributed by atoms with van der Waals surface area (Å²) in [5.74, 6) is -0.531. The largest absolute Gasteiger partial charge is 0.494 e. The van der Waals surface area contributed by atoms with Crippen LogP contribution in [-0.2, 0) is 19.1 Å². The first-order valence-electron chi connectivity index (χ1n) is 8.98. The lowest BCUT2D eigenvalue weighted by atomic mass is 10.1. The van der Waals surface area contributed by atoms with E-state index in [9.17, 15) is 9.59 Å². The molecule has 0 saturated heterocycles. The highest BCUT2D eigenvalue weighted by Crippen LogP contribution is 2.18. The standard InChI is InChI=1S/C20H29NO5/c1-4-5-6-7-8-9-14-26-17-12-10-16(11-13-17)21-18(20(23)25-3)15-19(22)24-2/h10-13,15,21H,4-9,14H2,1-3H3/b18-15+. The maximum atomic E-state index is 11.7. The van der Waals surface area contributed by atoms with Crippen LogP contribution < -0.4 is 10.1 Å². The summed E-state index contributed by atoms with van der Waals surface area (Å²) >= 11 is 0. The number of esters is 2. The summed E-state index contributed by atoms with van der Waals surface area (Å²) < 4.78 is 14.9. The molecule has 0 bridgehead atoms. The van der Waals surface area contributed by atoms with Gasteiger partial charge in [0.05, 0.1) is 26.9 Å². The Morgan fingerprint density at radius 1 is 0.962 bits per heavy atom. The molecule has 6 heteroatoms. The fourth-order valence-electron chi connectivity index (χ4n) is 2.30. The molecule has 0 radical (unpaired) electrons. The Balaban J connectivity index is 2.48. The lowest BCUT2D eigenvalue weighted by Gasteiger charge is -2.10. The highest BCUT2D eigenvalue weighted by atomic mass is 16.5. The molecule has 0 atom stereocenters. The van der Waals surface area contributed by atoms with E-state index in [0.717, 1.165) is 18.2 Å². The Hall–Kier alpha value is -2.50. The van der Waals surface area contributed by atoms with Gasteiger partial charge in [-0.1, -0.05) is 39.0 Å². The number of benzene rings is 1. The summed E-state index contributed by atoms with van der Waals surface area (Å²) in [7, 11) is 2.48. The number of carbonyl (C=O) groups is 2. The number of carbonyl (C=O) groups excluding carboxylic acids is 2. The van der Waals surface area contributed by atoms with Crippen LogP contribution in [0.15, 0.2) is 36.0 Å². The molecule has 0 aromatic heterocycles. The molecule has 0 aliphatic rings. The molecule has 0 amide bonds. The number of anilines is 1. The zero-order valence-electron chi connectivity index (χ0n) is 15.9. The first kappa shape index (κ1) is 21.5. The average Bonchev–Trinajstić information content (AvgIpc) is 2.67. The highest BCUT2D eigenvalue weighted by Gasteiger charge is 2.12. The average molecular weight is 363 g/mol. The Morgan fingerprint density at radius 2 is 1.62 bits per heavy atom. The normalized spacial score (nSPS) is 11.0. The Labute approximate surface area is 155 Å². The van der Waals surface area contributed by atoms with Gasteiger partial charge in [-0.25, -0.2) is 9.59 Å². The minimum absolute atomic E-state index is 0.0000904. The molecule has 1 rings (SSSR count). The van der Waals surface area contributed by atoms with Gasteiger partial charge in [-0.05, 0) is 30.7 Å². The first-order chi connectivity index (χ1) is 12.6. The summed E-state index contributed by atoms with van der Waals surface area (Å²) in [5.41, 5.74) is 0.637. The van der Waals surface area contributed by atoms with Crippen LogP contribution in [0.3, 0.4) is 0 Å². The second kappa shape index (κ2) is 12.8. The molecule has 0 heterocycles. The lowest BCUT2D eigenvalue weighted by Crippen LogP contribution is -2.15. The van der Waals surface area contributed by atoms with Crippen molar-refractivity contribution in [1.29, 1.82) is 0 Å². The van der Waals surface area contributed by atoms with E-state index in [1.807, 2.05) is 12.1 Å². The minimum Gasteiger partial charge on any atom is -0.494 e. The molecule has 1 N–H and O–H groups in total. The second-order valence-electron chi connectivity index (χ2n) is 5.84. The molecule has 0 saturated carbocycles. The molecule has 1 aromatic rings. The van der Waals surface area contributed by atoms with E-state index in [1.165, 1.54) is 46.3 Å². The molecule has 0 aliphatic heterocycles. The number of nitrogens with one attached hydrogen (secondary N) is 1. The van der Waals surface area contributed by atoms with Gasteiger partial charge >= 0.3 is 11.9 Å². The molecule has 26 heavy (non-hydrogen) atoms. The van der Waals surface area contributed by atoms with Crippen molar-refractivity contribution >= 4 is 17.6 Å². The molecule has 144 valence electrons. The van der Waals surface area contributed by atoms with Crippen LogP contribution >= 0.6 is 0 Å². The Morgan fingerprint density at radius 3 is 2.23 bits per heavy atom. The predicted molar refractivity (Wildman–Crippen MR) is 101 cm³/mol. The van der Waals surface area contributed by atoms with Crippen molar-refractivity contribution in [2.75, 3.05) is 26.1 Å². The third-order valence-corrected chi connectivity index (χ3v) is 3.77. The van der Waals surface area contributed by atoms with Gasteiger partial charge in [-0.15, -0.1) is 0 Å². The Kier molecular flexibility index (Phi) is 10.6. The summed E-state index contributed by atoms with van der Waals surface area (Å²) in [5, 5.41) is 2.85. The van der Waals surface area contributed by atoms with E-state index in [2.05, 4.69) is 21.7 Å². The van der Waals surface area contributed by atoms with Crippen LogP contribution in [0, 0.1) is 0 Å². The van der Waals surface area contributed by atoms with Gasteiger partial charge in [0.25, 0.3) is 0 Å². The molecular formula is C20H29NO5. The van der Waals surface area contributed by atoms with Gasteiger partial charge in [-0.2, -0.15) is 0 Å². The number of hydrogen-bond donors (Lipinski definition) is 1. The Bertz CT molecular complexity index is 580. The zero-order chi connectivity index (χ0) is 19.2. The minimum atomic E-state index is -0.654.